The maximum atomic E-state index is 8.49. The van der Waals surface area contributed by atoms with E-state index in [0.29, 0.717) is 0 Å². The summed E-state index contributed by atoms with van der Waals surface area (Å²) >= 11 is 0. The van der Waals surface area contributed by atoms with Crippen molar-refractivity contribution in [2.45, 2.75) is 13.8 Å². The van der Waals surface area contributed by atoms with Gasteiger partial charge in [0.15, 0.2) is 0 Å². The van der Waals surface area contributed by atoms with Gasteiger partial charge in [0.05, 0.1) is 5.39 Å². The van der Waals surface area contributed by atoms with Gasteiger partial charge < -0.3 is 0 Å². The fourth-order valence-corrected chi connectivity index (χ4v) is 2.98. The molecule has 8 heteroatoms. The molecule has 0 radical (unpaired) electrons. The number of fused-ring (bicyclic) bond motifs is 3. The van der Waals surface area contributed by atoms with Crippen LogP contribution in [0.3, 0.4) is 0 Å². The van der Waals surface area contributed by atoms with E-state index in [1.165, 1.54) is 11.1 Å². The van der Waals surface area contributed by atoms with Gasteiger partial charge in [0.25, 0.3) is 0 Å². The standard InChI is InChI=1S/C18H16N3.ClHO4/c1-13-12-14(2)21-18(16-10-6-7-11-17(16)19-21)20(13)15-8-4-3-5-9-15;2-1(3,4)5/h3-12H,1-2H3;(H,2,3,4,5)/q+1;/p-1. The van der Waals surface area contributed by atoms with Gasteiger partial charge in [-0.1, -0.05) is 35.4 Å². The number of nitrogens with zero attached hydrogens (tertiary/aromatic N) is 3. The van der Waals surface area contributed by atoms with E-state index < -0.39 is 10.2 Å². The molecule has 0 unspecified atom stereocenters. The first-order chi connectivity index (χ1) is 12.3. The van der Waals surface area contributed by atoms with E-state index in [1.807, 2.05) is 16.6 Å². The molecule has 0 fully saturated rings. The van der Waals surface area contributed by atoms with Gasteiger partial charge in [0, 0.05) is 13.0 Å². The quantitative estimate of drug-likeness (QED) is 0.382. The van der Waals surface area contributed by atoms with Crippen LogP contribution in [0.5, 0.6) is 0 Å². The third-order valence-corrected chi connectivity index (χ3v) is 3.88. The zero-order valence-corrected chi connectivity index (χ0v) is 14.9. The molecule has 0 N–H and O–H groups in total. The number of aryl methyl sites for hydroxylation is 2. The first kappa shape index (κ1) is 18.2. The van der Waals surface area contributed by atoms with E-state index in [4.69, 9.17) is 23.7 Å². The summed E-state index contributed by atoms with van der Waals surface area (Å²) in [7, 11) is -4.94. The summed E-state index contributed by atoms with van der Waals surface area (Å²) < 4.78 is 38.3. The third kappa shape index (κ3) is 3.82. The van der Waals surface area contributed by atoms with Gasteiger partial charge >= 0.3 is 5.65 Å². The third-order valence-electron chi connectivity index (χ3n) is 3.88. The zero-order chi connectivity index (χ0) is 18.9. The first-order valence-electron chi connectivity index (χ1n) is 7.72. The lowest BCUT2D eigenvalue weighted by Crippen LogP contribution is -2.68. The minimum absolute atomic E-state index is 1.02. The maximum absolute atomic E-state index is 8.49. The van der Waals surface area contributed by atoms with Crippen LogP contribution in [0.4, 0.5) is 0 Å². The summed E-state index contributed by atoms with van der Waals surface area (Å²) in [6, 6.07) is 20.9. The highest BCUT2D eigenvalue weighted by Crippen LogP contribution is 2.19. The molecule has 0 aliphatic rings. The molecule has 0 amide bonds. The number of hydrogen-bond donors (Lipinski definition) is 0. The van der Waals surface area contributed by atoms with Crippen molar-refractivity contribution in [3.05, 3.63) is 72.1 Å². The smallest absolute Gasteiger partial charge is 0.222 e. The maximum Gasteiger partial charge on any atom is 0.322 e. The van der Waals surface area contributed by atoms with E-state index in [2.05, 4.69) is 66.9 Å². The van der Waals surface area contributed by atoms with E-state index in [1.54, 1.807) is 0 Å². The van der Waals surface area contributed by atoms with Crippen molar-refractivity contribution in [3.63, 3.8) is 0 Å². The number of aromatic nitrogens is 3. The Balaban J connectivity index is 0.000000349. The monoisotopic (exact) mass is 373 g/mol. The molecule has 2 aromatic heterocycles. The summed E-state index contributed by atoms with van der Waals surface area (Å²) in [6.07, 6.45) is 0. The molecule has 4 aromatic rings. The first-order valence-corrected chi connectivity index (χ1v) is 8.96. The molecule has 0 aliphatic heterocycles. The fraction of sp³-hybridized carbons (Fsp3) is 0.111. The van der Waals surface area contributed by atoms with Gasteiger partial charge in [-0.2, -0.15) is 4.57 Å². The molecule has 0 atom stereocenters. The van der Waals surface area contributed by atoms with Crippen LogP contribution in [0.25, 0.3) is 22.2 Å². The van der Waals surface area contributed by atoms with Crippen LogP contribution >= 0.6 is 0 Å². The second-order valence-electron chi connectivity index (χ2n) is 5.73. The summed E-state index contributed by atoms with van der Waals surface area (Å²) in [5.74, 6) is 0. The van der Waals surface area contributed by atoms with E-state index in [0.717, 1.165) is 22.5 Å². The Morgan fingerprint density at radius 1 is 0.885 bits per heavy atom. The summed E-state index contributed by atoms with van der Waals surface area (Å²) in [4.78, 5) is 0. The Bertz CT molecular complexity index is 1050. The molecule has 4 rings (SSSR count). The topological polar surface area (TPSA) is 113 Å². The Morgan fingerprint density at radius 2 is 1.46 bits per heavy atom. The molecule has 0 saturated carbocycles. The van der Waals surface area contributed by atoms with E-state index in [-0.39, 0.29) is 0 Å². The predicted molar refractivity (Wildman–Crippen MR) is 83.7 cm³/mol. The summed E-state index contributed by atoms with van der Waals surface area (Å²) in [6.45, 7) is 4.24. The number of rotatable bonds is 1. The second kappa shape index (κ2) is 6.99. The highest BCUT2D eigenvalue weighted by molar-refractivity contribution is 5.90. The molecule has 26 heavy (non-hydrogen) atoms. The fourth-order valence-electron chi connectivity index (χ4n) is 2.98. The molecule has 0 saturated heterocycles. The number of halogens is 1. The number of benzene rings is 2. The second-order valence-corrected chi connectivity index (χ2v) is 6.48. The lowest BCUT2D eigenvalue weighted by atomic mass is 10.2. The Labute approximate surface area is 151 Å². The highest BCUT2D eigenvalue weighted by atomic mass is 35.7. The highest BCUT2D eigenvalue weighted by Gasteiger charge is 2.21. The normalized spacial score (nSPS) is 11.5. The van der Waals surface area contributed by atoms with Gasteiger partial charge in [-0.15, -0.1) is 14.8 Å². The minimum Gasteiger partial charge on any atom is -0.222 e. The minimum atomic E-state index is -4.94. The molecule has 2 heterocycles. The van der Waals surface area contributed by atoms with E-state index in [9.17, 15) is 0 Å². The molecule has 0 aliphatic carbocycles. The molecule has 134 valence electrons. The van der Waals surface area contributed by atoms with Crippen molar-refractivity contribution in [1.82, 2.24) is 9.61 Å². The van der Waals surface area contributed by atoms with Gasteiger partial charge in [-0.3, -0.25) is 0 Å². The van der Waals surface area contributed by atoms with Gasteiger partial charge in [-0.25, -0.2) is 18.6 Å². The largest absolute Gasteiger partial charge is 0.322 e. The van der Waals surface area contributed by atoms with Gasteiger partial charge in [0.2, 0.25) is 0 Å². The van der Waals surface area contributed by atoms with Crippen molar-refractivity contribution in [2.24, 2.45) is 0 Å². The molecule has 0 bridgehead atoms. The number of hydrogen-bond acceptors (Lipinski definition) is 5. The summed E-state index contributed by atoms with van der Waals surface area (Å²) in [5.41, 5.74) is 5.65. The predicted octanol–water partition coefficient (Wildman–Crippen LogP) is -1.37. The van der Waals surface area contributed by atoms with Crippen molar-refractivity contribution in [3.8, 4) is 5.69 Å². The van der Waals surface area contributed by atoms with Crippen LogP contribution in [0.2, 0.25) is 0 Å². The Morgan fingerprint density at radius 3 is 2.12 bits per heavy atom. The van der Waals surface area contributed by atoms with Crippen LogP contribution in [0.15, 0.2) is 60.7 Å². The zero-order valence-electron chi connectivity index (χ0n) is 14.1. The lowest BCUT2D eigenvalue weighted by Gasteiger charge is -2.17. The summed E-state index contributed by atoms with van der Waals surface area (Å²) in [5, 5.41) is 5.91. The average Bonchev–Trinajstić information content (AvgIpc) is 2.95. The van der Waals surface area contributed by atoms with Crippen LogP contribution < -0.4 is 23.2 Å². The lowest BCUT2D eigenvalue weighted by molar-refractivity contribution is -2.00. The molecule has 0 spiro atoms. The average molecular weight is 374 g/mol. The van der Waals surface area contributed by atoms with Crippen LogP contribution in [0, 0.1) is 24.1 Å². The van der Waals surface area contributed by atoms with Crippen LogP contribution in [-0.4, -0.2) is 9.61 Å². The molecular formula is C18H16ClN3O4. The Kier molecular flexibility index (Phi) is 4.90. The SMILES string of the molecule is Cc1cc(C)[n+](-c2ccccc2)c2c3ccccc3nn12.[O-][Cl+3]([O-])([O-])[O-]. The molecule has 7 nitrogen and oxygen atoms in total. The van der Waals surface area contributed by atoms with Crippen molar-refractivity contribution < 1.29 is 33.4 Å². The van der Waals surface area contributed by atoms with Gasteiger partial charge in [0.1, 0.15) is 22.6 Å². The molecule has 2 aromatic carbocycles. The van der Waals surface area contributed by atoms with Gasteiger partial charge in [-0.05, 0) is 31.2 Å². The molecular weight excluding hydrogens is 358 g/mol. The van der Waals surface area contributed by atoms with E-state index >= 15 is 0 Å². The van der Waals surface area contributed by atoms with Crippen LogP contribution in [-0.2, 0) is 0 Å². The van der Waals surface area contributed by atoms with Crippen molar-refractivity contribution >= 4 is 16.6 Å². The Hall–Kier alpha value is -2.55. The van der Waals surface area contributed by atoms with Crippen molar-refractivity contribution in [1.29, 1.82) is 0 Å². The van der Waals surface area contributed by atoms with Crippen LogP contribution in [0.1, 0.15) is 11.4 Å². The number of para-hydroxylation sites is 1. The van der Waals surface area contributed by atoms with Crippen molar-refractivity contribution in [2.75, 3.05) is 0 Å².